The average Bonchev–Trinajstić information content (AvgIpc) is 3.71. The molecule has 1 saturated carbocycles. The van der Waals surface area contributed by atoms with Crippen LogP contribution in [0, 0.1) is 0 Å². The number of anilines is 1. The molecule has 220 valence electrons. The summed E-state index contributed by atoms with van der Waals surface area (Å²) in [5, 5.41) is 7.31. The number of nitrogens with zero attached hydrogens (tertiary/aromatic N) is 3. The predicted molar refractivity (Wildman–Crippen MR) is 165 cm³/mol. The Balaban J connectivity index is 1.09. The van der Waals surface area contributed by atoms with Gasteiger partial charge in [0.25, 0.3) is 5.91 Å². The number of hydrogen-bond acceptors (Lipinski definition) is 7. The van der Waals surface area contributed by atoms with Gasteiger partial charge in [-0.25, -0.2) is 9.97 Å². The number of benzene rings is 2. The van der Waals surface area contributed by atoms with Crippen molar-refractivity contribution in [2.24, 2.45) is 0 Å². The van der Waals surface area contributed by atoms with Gasteiger partial charge in [-0.15, -0.1) is 0 Å². The number of rotatable bonds is 10. The molecule has 10 heteroatoms. The first-order chi connectivity index (χ1) is 20.6. The molecular formula is C32H37ClN6O3. The van der Waals surface area contributed by atoms with Gasteiger partial charge in [-0.05, 0) is 67.6 Å². The molecule has 0 unspecified atom stereocenters. The SMILES string of the molecule is COc1ccc(CN2CCC(Nc3c(Cl)c(-c4ccc(OCC(=O)NC5CCCC5)cc4)nc4nc[nH]c34)CC2)cc1. The maximum Gasteiger partial charge on any atom is 0.258 e. The van der Waals surface area contributed by atoms with Crippen LogP contribution in [0.5, 0.6) is 11.5 Å². The van der Waals surface area contributed by atoms with Crippen molar-refractivity contribution in [2.75, 3.05) is 32.1 Å². The first-order valence-corrected chi connectivity index (χ1v) is 15.1. The quantitative estimate of drug-likeness (QED) is 0.215. The Morgan fingerprint density at radius 2 is 1.71 bits per heavy atom. The molecule has 9 nitrogen and oxygen atoms in total. The molecule has 2 fully saturated rings. The third-order valence-electron chi connectivity index (χ3n) is 8.23. The fourth-order valence-electron chi connectivity index (χ4n) is 5.89. The van der Waals surface area contributed by atoms with Crippen LogP contribution < -0.4 is 20.1 Å². The van der Waals surface area contributed by atoms with Crippen LogP contribution in [0.1, 0.15) is 44.1 Å². The molecular weight excluding hydrogens is 552 g/mol. The lowest BCUT2D eigenvalue weighted by molar-refractivity contribution is -0.123. The minimum atomic E-state index is -0.0815. The zero-order valence-corrected chi connectivity index (χ0v) is 24.6. The van der Waals surface area contributed by atoms with E-state index in [1.165, 1.54) is 18.4 Å². The number of carbonyl (C=O) groups excluding carboxylic acids is 1. The van der Waals surface area contributed by atoms with Crippen LogP contribution in [0.25, 0.3) is 22.4 Å². The van der Waals surface area contributed by atoms with Crippen LogP contribution in [0.2, 0.25) is 5.02 Å². The fraction of sp³-hybridized carbons (Fsp3) is 0.406. The van der Waals surface area contributed by atoms with E-state index >= 15 is 0 Å². The summed E-state index contributed by atoms with van der Waals surface area (Å²) in [7, 11) is 1.69. The van der Waals surface area contributed by atoms with Gasteiger partial charge in [-0.3, -0.25) is 9.69 Å². The minimum Gasteiger partial charge on any atom is -0.497 e. The molecule has 2 aromatic heterocycles. The summed E-state index contributed by atoms with van der Waals surface area (Å²) in [6, 6.07) is 16.4. The number of nitrogens with one attached hydrogen (secondary N) is 3. The van der Waals surface area contributed by atoms with E-state index < -0.39 is 0 Å². The first kappa shape index (κ1) is 28.3. The lowest BCUT2D eigenvalue weighted by Crippen LogP contribution is -2.38. The van der Waals surface area contributed by atoms with Gasteiger partial charge in [0.15, 0.2) is 12.3 Å². The molecule has 3 N–H and O–H groups in total. The molecule has 6 rings (SSSR count). The molecule has 1 aliphatic heterocycles. The molecule has 0 spiro atoms. The van der Waals surface area contributed by atoms with E-state index in [4.69, 9.17) is 26.1 Å². The maximum atomic E-state index is 12.2. The molecule has 0 atom stereocenters. The van der Waals surface area contributed by atoms with Crippen molar-refractivity contribution in [3.05, 3.63) is 65.4 Å². The van der Waals surface area contributed by atoms with Gasteiger partial charge in [0, 0.05) is 37.3 Å². The fourth-order valence-corrected chi connectivity index (χ4v) is 6.19. The van der Waals surface area contributed by atoms with Gasteiger partial charge >= 0.3 is 0 Å². The van der Waals surface area contributed by atoms with Crippen LogP contribution in [0.15, 0.2) is 54.9 Å². The number of aromatic nitrogens is 3. The van der Waals surface area contributed by atoms with Crippen LogP contribution in [-0.4, -0.2) is 64.6 Å². The summed E-state index contributed by atoms with van der Waals surface area (Å²) in [6.45, 7) is 2.91. The standard InChI is InChI=1S/C32H37ClN6O3/c1-41-25-10-6-21(7-11-25)18-39-16-14-24(15-17-39)37-30-28(33)29(38-32-31(30)34-20-35-32)22-8-12-26(13-9-22)42-19-27(40)36-23-4-2-3-5-23/h6-13,20,23-24H,2-5,14-19H2,1H3,(H,36,40)(H2,34,35,37,38). The van der Waals surface area contributed by atoms with E-state index in [0.29, 0.717) is 22.1 Å². The number of H-pyrrole nitrogens is 1. The smallest absolute Gasteiger partial charge is 0.258 e. The van der Waals surface area contributed by atoms with Gasteiger partial charge in [0.05, 0.1) is 29.8 Å². The van der Waals surface area contributed by atoms with E-state index in [1.807, 2.05) is 36.4 Å². The highest BCUT2D eigenvalue weighted by Crippen LogP contribution is 2.38. The zero-order chi connectivity index (χ0) is 28.9. The molecule has 3 heterocycles. The highest BCUT2D eigenvalue weighted by molar-refractivity contribution is 6.37. The van der Waals surface area contributed by atoms with Crippen molar-refractivity contribution >= 4 is 34.4 Å². The van der Waals surface area contributed by atoms with E-state index in [1.54, 1.807) is 13.4 Å². The Labute approximate surface area is 251 Å². The number of methoxy groups -OCH3 is 1. The molecule has 1 saturated heterocycles. The number of fused-ring (bicyclic) bond motifs is 1. The second-order valence-electron chi connectivity index (χ2n) is 11.2. The van der Waals surface area contributed by atoms with E-state index in [-0.39, 0.29) is 24.6 Å². The second kappa shape index (κ2) is 13.0. The highest BCUT2D eigenvalue weighted by Gasteiger charge is 2.24. The van der Waals surface area contributed by atoms with Gasteiger partial charge in [-0.1, -0.05) is 36.6 Å². The predicted octanol–water partition coefficient (Wildman–Crippen LogP) is 5.80. The summed E-state index contributed by atoms with van der Waals surface area (Å²) in [5.41, 5.74) is 5.03. The molecule has 4 aromatic rings. The molecule has 0 radical (unpaired) electrons. The topological polar surface area (TPSA) is 104 Å². The Morgan fingerprint density at radius 3 is 2.43 bits per heavy atom. The number of piperidine rings is 1. The summed E-state index contributed by atoms with van der Waals surface area (Å²) in [6.07, 6.45) is 8.10. The molecule has 42 heavy (non-hydrogen) atoms. The third-order valence-corrected chi connectivity index (χ3v) is 8.60. The number of aromatic amines is 1. The van der Waals surface area contributed by atoms with E-state index in [0.717, 1.165) is 67.8 Å². The van der Waals surface area contributed by atoms with Gasteiger partial charge in [0.1, 0.15) is 17.0 Å². The zero-order valence-electron chi connectivity index (χ0n) is 23.9. The number of pyridine rings is 1. The molecule has 1 amide bonds. The number of ether oxygens (including phenoxy) is 2. The Bertz CT molecular complexity index is 1490. The van der Waals surface area contributed by atoms with Crippen molar-refractivity contribution in [1.82, 2.24) is 25.2 Å². The van der Waals surface area contributed by atoms with Gasteiger partial charge in [-0.2, -0.15) is 0 Å². The Morgan fingerprint density at radius 1 is 1.00 bits per heavy atom. The van der Waals surface area contributed by atoms with Crippen LogP contribution in [0.4, 0.5) is 5.69 Å². The van der Waals surface area contributed by atoms with Crippen LogP contribution in [0.3, 0.4) is 0 Å². The average molecular weight is 589 g/mol. The summed E-state index contributed by atoms with van der Waals surface area (Å²) < 4.78 is 11.0. The molecule has 2 aromatic carbocycles. The van der Waals surface area contributed by atoms with Gasteiger partial charge in [0.2, 0.25) is 0 Å². The number of imidazole rings is 1. The number of amides is 1. The normalized spacial score (nSPS) is 16.5. The molecule has 1 aliphatic carbocycles. The molecule has 2 aliphatic rings. The lowest BCUT2D eigenvalue weighted by Gasteiger charge is -2.33. The maximum absolute atomic E-state index is 12.2. The van der Waals surface area contributed by atoms with Gasteiger partial charge < -0.3 is 25.1 Å². The second-order valence-corrected chi connectivity index (χ2v) is 11.5. The van der Waals surface area contributed by atoms with Crippen molar-refractivity contribution in [3.8, 4) is 22.8 Å². The summed E-state index contributed by atoms with van der Waals surface area (Å²) >= 11 is 7.01. The van der Waals surface area contributed by atoms with Crippen molar-refractivity contribution in [1.29, 1.82) is 0 Å². The summed E-state index contributed by atoms with van der Waals surface area (Å²) in [4.78, 5) is 27.1. The number of carbonyl (C=O) groups is 1. The first-order valence-electron chi connectivity index (χ1n) is 14.7. The van der Waals surface area contributed by atoms with Crippen LogP contribution in [-0.2, 0) is 11.3 Å². The third kappa shape index (κ3) is 6.63. The number of likely N-dealkylation sites (tertiary alicyclic amines) is 1. The number of halogens is 1. The lowest BCUT2D eigenvalue weighted by atomic mass is 10.0. The van der Waals surface area contributed by atoms with Crippen LogP contribution >= 0.6 is 11.6 Å². The Kier molecular flexibility index (Phi) is 8.76. The largest absolute Gasteiger partial charge is 0.497 e. The van der Waals surface area contributed by atoms with Crippen molar-refractivity contribution in [2.45, 2.75) is 57.2 Å². The monoisotopic (exact) mass is 588 g/mol. The minimum absolute atomic E-state index is 0.00106. The van der Waals surface area contributed by atoms with E-state index in [2.05, 4.69) is 37.6 Å². The molecule has 0 bridgehead atoms. The number of hydrogen-bond donors (Lipinski definition) is 3. The van der Waals surface area contributed by atoms with Crippen molar-refractivity contribution < 1.29 is 14.3 Å². The van der Waals surface area contributed by atoms with E-state index in [9.17, 15) is 4.79 Å². The Hall–Kier alpha value is -3.82. The highest BCUT2D eigenvalue weighted by atomic mass is 35.5. The summed E-state index contributed by atoms with van der Waals surface area (Å²) in [5.74, 6) is 1.42. The van der Waals surface area contributed by atoms with Crippen molar-refractivity contribution in [3.63, 3.8) is 0 Å².